The maximum atomic E-state index is 12.5. The number of carbonyl (C=O) groups excluding carboxylic acids is 1. The summed E-state index contributed by atoms with van der Waals surface area (Å²) in [6.45, 7) is 0. The summed E-state index contributed by atoms with van der Waals surface area (Å²) in [6, 6.07) is 7.28. The van der Waals surface area contributed by atoms with Gasteiger partial charge in [-0.1, -0.05) is 41.6 Å². The highest BCUT2D eigenvalue weighted by Crippen LogP contribution is 2.33. The fraction of sp³-hybridized carbons (Fsp3) is 0.118. The van der Waals surface area contributed by atoms with Gasteiger partial charge < -0.3 is 5.11 Å². The van der Waals surface area contributed by atoms with Crippen molar-refractivity contribution in [3.63, 3.8) is 0 Å². The van der Waals surface area contributed by atoms with E-state index in [9.17, 15) is 9.59 Å². The monoisotopic (exact) mass is 346 g/mol. The second-order valence-electron chi connectivity index (χ2n) is 5.16. The average Bonchev–Trinajstić information content (AvgIpc) is 2.52. The first-order valence-corrected chi connectivity index (χ1v) is 8.13. The molecule has 1 aliphatic heterocycles. The molecule has 4 nitrogen and oxygen atoms in total. The lowest BCUT2D eigenvalue weighted by atomic mass is 10.0. The quantitative estimate of drug-likeness (QED) is 0.660. The van der Waals surface area contributed by atoms with Gasteiger partial charge in [0, 0.05) is 11.1 Å². The molecule has 0 spiro atoms. The summed E-state index contributed by atoms with van der Waals surface area (Å²) < 4.78 is 1.50. The highest BCUT2D eigenvalue weighted by atomic mass is 35.5. The number of likely N-dealkylation sites (N-methyl/N-ethyl adjacent to an activating group) is 1. The van der Waals surface area contributed by atoms with E-state index in [4.69, 9.17) is 16.7 Å². The summed E-state index contributed by atoms with van der Waals surface area (Å²) in [5.41, 5.74) is 1.72. The van der Waals surface area contributed by atoms with Gasteiger partial charge in [0.05, 0.1) is 5.57 Å². The lowest BCUT2D eigenvalue weighted by Gasteiger charge is -2.20. The number of fused-ring (bicyclic) bond motifs is 1. The van der Waals surface area contributed by atoms with Crippen LogP contribution in [-0.2, 0) is 9.59 Å². The maximum Gasteiger partial charge on any atom is 0.425 e. The molecule has 0 fully saturated rings. The van der Waals surface area contributed by atoms with Gasteiger partial charge in [0.1, 0.15) is 17.2 Å². The highest BCUT2D eigenvalue weighted by Gasteiger charge is 2.37. The Balaban J connectivity index is 2.00. The minimum Gasteiger partial charge on any atom is -0.478 e. The molecule has 0 bridgehead atoms. The number of aliphatic carboxylic acids is 1. The fourth-order valence-corrected chi connectivity index (χ4v) is 3.83. The van der Waals surface area contributed by atoms with Gasteiger partial charge in [-0.05, 0) is 29.8 Å². The van der Waals surface area contributed by atoms with E-state index in [2.05, 4.69) is 0 Å². The Labute approximate surface area is 142 Å². The van der Waals surface area contributed by atoms with Crippen molar-refractivity contribution in [3.8, 4) is 0 Å². The molecule has 1 heterocycles. The second kappa shape index (κ2) is 6.18. The lowest BCUT2D eigenvalue weighted by molar-refractivity contribution is -0.413. The van der Waals surface area contributed by atoms with Crippen LogP contribution in [0.25, 0.3) is 6.08 Å². The van der Waals surface area contributed by atoms with Gasteiger partial charge in [0.15, 0.2) is 0 Å². The first-order valence-electron chi connectivity index (χ1n) is 6.88. The Morgan fingerprint density at radius 2 is 2.22 bits per heavy atom. The summed E-state index contributed by atoms with van der Waals surface area (Å²) in [4.78, 5) is 24.2. The number of thioether (sulfide) groups is 1. The van der Waals surface area contributed by atoms with Gasteiger partial charge in [-0.25, -0.2) is 9.59 Å². The van der Waals surface area contributed by atoms with Crippen molar-refractivity contribution in [2.24, 2.45) is 0 Å². The van der Waals surface area contributed by atoms with Crippen LogP contribution in [0.5, 0.6) is 0 Å². The number of hydrogen-bond donors (Lipinski definition) is 1. The van der Waals surface area contributed by atoms with E-state index in [0.29, 0.717) is 15.6 Å². The summed E-state index contributed by atoms with van der Waals surface area (Å²) >= 11 is 7.38. The minimum atomic E-state index is -1.00. The molecular formula is C17H13ClNO3S+. The van der Waals surface area contributed by atoms with Crippen molar-refractivity contribution >= 4 is 47.0 Å². The van der Waals surface area contributed by atoms with Gasteiger partial charge in [0.2, 0.25) is 5.71 Å². The number of nitrogens with zero attached hydrogens (tertiary/aromatic N) is 1. The molecule has 1 atom stereocenters. The van der Waals surface area contributed by atoms with Crippen LogP contribution in [0.2, 0.25) is 5.02 Å². The van der Waals surface area contributed by atoms with Gasteiger partial charge in [-0.3, -0.25) is 0 Å². The Morgan fingerprint density at radius 3 is 2.91 bits per heavy atom. The fourth-order valence-electron chi connectivity index (χ4n) is 2.41. The van der Waals surface area contributed by atoms with Crippen LogP contribution in [0.4, 0.5) is 0 Å². The van der Waals surface area contributed by atoms with Gasteiger partial charge in [-0.15, -0.1) is 0 Å². The number of allylic oxidation sites excluding steroid dienone is 1. The average molecular weight is 347 g/mol. The number of carboxylic acids is 1. The van der Waals surface area contributed by atoms with Crippen molar-refractivity contribution in [2.75, 3.05) is 7.05 Å². The van der Waals surface area contributed by atoms with E-state index < -0.39 is 5.97 Å². The molecule has 2 aliphatic rings. The third-order valence-corrected chi connectivity index (χ3v) is 5.03. The third-order valence-electron chi connectivity index (χ3n) is 3.60. The number of rotatable bonds is 2. The van der Waals surface area contributed by atoms with Gasteiger partial charge in [0.25, 0.3) is 0 Å². The van der Waals surface area contributed by atoms with Crippen molar-refractivity contribution in [1.82, 2.24) is 0 Å². The topological polar surface area (TPSA) is 57.4 Å². The number of carbonyl (C=O) groups is 2. The molecule has 1 aliphatic carbocycles. The molecule has 116 valence electrons. The molecule has 0 radical (unpaired) electrons. The molecular weight excluding hydrogens is 334 g/mol. The van der Waals surface area contributed by atoms with Crippen molar-refractivity contribution in [2.45, 2.75) is 5.25 Å². The van der Waals surface area contributed by atoms with Crippen LogP contribution in [0, 0.1) is 0 Å². The smallest absolute Gasteiger partial charge is 0.425 e. The molecule has 1 unspecified atom stereocenters. The molecule has 6 heteroatoms. The predicted molar refractivity (Wildman–Crippen MR) is 91.9 cm³/mol. The Hall–Kier alpha value is -2.11. The minimum absolute atomic E-state index is 0.0776. The van der Waals surface area contributed by atoms with E-state index >= 15 is 0 Å². The van der Waals surface area contributed by atoms with E-state index in [1.165, 1.54) is 16.3 Å². The van der Waals surface area contributed by atoms with E-state index in [-0.39, 0.29) is 16.7 Å². The highest BCUT2D eigenvalue weighted by molar-refractivity contribution is 8.05. The Morgan fingerprint density at radius 1 is 1.43 bits per heavy atom. The SMILES string of the molecule is C[N+]1=C2C=C(C(=O)O)C=CC2S/C(=C/c2cccc(Cl)c2)C1=O. The molecule has 1 amide bonds. The summed E-state index contributed by atoms with van der Waals surface area (Å²) in [7, 11) is 1.66. The molecule has 3 rings (SSSR count). The third kappa shape index (κ3) is 3.16. The van der Waals surface area contributed by atoms with E-state index in [1.807, 2.05) is 12.1 Å². The summed E-state index contributed by atoms with van der Waals surface area (Å²) in [6.07, 6.45) is 6.73. The normalized spacial score (nSPS) is 22.2. The van der Waals surface area contributed by atoms with Crippen LogP contribution in [0.3, 0.4) is 0 Å². The number of carboxylic acid groups (broad SMARTS) is 1. The molecule has 1 aromatic rings. The Bertz CT molecular complexity index is 836. The first-order chi connectivity index (χ1) is 11.0. The van der Waals surface area contributed by atoms with E-state index in [1.54, 1.807) is 43.5 Å². The largest absolute Gasteiger partial charge is 0.478 e. The van der Waals surface area contributed by atoms with Crippen molar-refractivity contribution in [3.05, 3.63) is 63.6 Å². The Kier molecular flexibility index (Phi) is 4.24. The molecule has 1 aromatic carbocycles. The van der Waals surface area contributed by atoms with Crippen molar-refractivity contribution in [1.29, 1.82) is 0 Å². The van der Waals surface area contributed by atoms with E-state index in [0.717, 1.165) is 5.56 Å². The summed E-state index contributed by atoms with van der Waals surface area (Å²) in [5.74, 6) is -1.16. The zero-order valence-corrected chi connectivity index (χ0v) is 13.8. The number of halogens is 1. The van der Waals surface area contributed by atoms with Crippen LogP contribution < -0.4 is 0 Å². The molecule has 1 N–H and O–H groups in total. The zero-order chi connectivity index (χ0) is 16.6. The second-order valence-corrected chi connectivity index (χ2v) is 6.77. The molecule has 0 saturated heterocycles. The number of amides is 1. The van der Waals surface area contributed by atoms with Crippen LogP contribution in [0.1, 0.15) is 5.56 Å². The molecule has 0 saturated carbocycles. The molecule has 23 heavy (non-hydrogen) atoms. The van der Waals surface area contributed by atoms with Crippen LogP contribution >= 0.6 is 23.4 Å². The lowest BCUT2D eigenvalue weighted by Crippen LogP contribution is -2.36. The maximum absolute atomic E-state index is 12.5. The predicted octanol–water partition coefficient (Wildman–Crippen LogP) is 2.99. The summed E-state index contributed by atoms with van der Waals surface area (Å²) in [5, 5.41) is 9.62. The number of hydrogen-bond acceptors (Lipinski definition) is 3. The first kappa shape index (κ1) is 15.8. The van der Waals surface area contributed by atoms with Crippen LogP contribution in [-0.4, -0.2) is 39.6 Å². The molecule has 0 aromatic heterocycles. The standard InChI is InChI=1S/C17H12ClNO3S/c1-19-13-9-11(17(21)22)5-6-14(13)23-15(16(19)20)8-10-3-2-4-12(18)7-10/h2-9,14H,1H3/p+1/b15-8+. The van der Waals surface area contributed by atoms with Crippen molar-refractivity contribution < 1.29 is 19.3 Å². The number of benzene rings is 1. The zero-order valence-electron chi connectivity index (χ0n) is 12.2. The van der Waals surface area contributed by atoms with Crippen LogP contribution in [0.15, 0.2) is 53.0 Å². The van der Waals surface area contributed by atoms with Gasteiger partial charge in [-0.2, -0.15) is 4.58 Å². The van der Waals surface area contributed by atoms with Gasteiger partial charge >= 0.3 is 11.9 Å².